The van der Waals surface area contributed by atoms with Crippen LogP contribution in [0.4, 0.5) is 0 Å². The van der Waals surface area contributed by atoms with Gasteiger partial charge in [-0.05, 0) is 28.8 Å². The number of aromatic nitrogens is 2. The quantitative estimate of drug-likeness (QED) is 0.860. The molecule has 1 heterocycles. The van der Waals surface area contributed by atoms with Gasteiger partial charge in [-0.25, -0.2) is 14.8 Å². The lowest BCUT2D eigenvalue weighted by atomic mass is 10.3. The molecule has 2 rings (SSSR count). The molecule has 0 spiro atoms. The second-order valence-corrected chi connectivity index (χ2v) is 3.76. The number of nitrogens with zero attached hydrogens (tertiary/aromatic N) is 2. The third-order valence-electron chi connectivity index (χ3n) is 1.94. The maximum atomic E-state index is 10.7. The molecule has 0 aliphatic heterocycles. The summed E-state index contributed by atoms with van der Waals surface area (Å²) in [4.78, 5) is 18.6. The van der Waals surface area contributed by atoms with Gasteiger partial charge in [0, 0.05) is 5.92 Å². The lowest BCUT2D eigenvalue weighted by molar-refractivity contribution is 0.0688. The number of carboxylic acids is 1. The van der Waals surface area contributed by atoms with Gasteiger partial charge in [0.1, 0.15) is 4.60 Å². The highest BCUT2D eigenvalue weighted by atomic mass is 79.9. The maximum Gasteiger partial charge on any atom is 0.357 e. The van der Waals surface area contributed by atoms with Gasteiger partial charge < -0.3 is 5.11 Å². The monoisotopic (exact) mass is 242 g/mol. The van der Waals surface area contributed by atoms with Gasteiger partial charge in [-0.15, -0.1) is 0 Å². The van der Waals surface area contributed by atoms with Gasteiger partial charge >= 0.3 is 5.97 Å². The Balaban J connectivity index is 2.41. The Morgan fingerprint density at radius 1 is 1.62 bits per heavy atom. The fraction of sp³-hybridized carbons (Fsp3) is 0.375. The summed E-state index contributed by atoms with van der Waals surface area (Å²) in [6, 6.07) is 0. The smallest absolute Gasteiger partial charge is 0.357 e. The Hall–Kier alpha value is -0.970. The fourth-order valence-electron chi connectivity index (χ4n) is 1.10. The molecule has 0 saturated heterocycles. The maximum absolute atomic E-state index is 10.7. The standard InChI is InChI=1S/C8H7BrN2O2/c9-7-6(8(12)13)11-5(3-10-7)4-1-2-4/h3-4H,1-2H2,(H,12,13). The van der Waals surface area contributed by atoms with Crippen molar-refractivity contribution in [1.29, 1.82) is 0 Å². The molecule has 68 valence electrons. The number of hydrogen-bond donors (Lipinski definition) is 1. The van der Waals surface area contributed by atoms with Crippen LogP contribution in [0.15, 0.2) is 10.8 Å². The molecule has 1 aromatic heterocycles. The third-order valence-corrected chi connectivity index (χ3v) is 2.52. The summed E-state index contributed by atoms with van der Waals surface area (Å²) in [5, 5.41) is 8.76. The molecule has 13 heavy (non-hydrogen) atoms. The summed E-state index contributed by atoms with van der Waals surface area (Å²) >= 11 is 3.05. The molecular weight excluding hydrogens is 236 g/mol. The average molecular weight is 243 g/mol. The molecule has 1 N–H and O–H groups in total. The fourth-order valence-corrected chi connectivity index (χ4v) is 1.46. The number of aromatic carboxylic acids is 1. The minimum Gasteiger partial charge on any atom is -0.476 e. The molecule has 1 saturated carbocycles. The molecule has 0 bridgehead atoms. The van der Waals surface area contributed by atoms with Crippen LogP contribution >= 0.6 is 15.9 Å². The van der Waals surface area contributed by atoms with Crippen molar-refractivity contribution in [2.24, 2.45) is 0 Å². The van der Waals surface area contributed by atoms with E-state index >= 15 is 0 Å². The Morgan fingerprint density at radius 2 is 2.31 bits per heavy atom. The predicted molar refractivity (Wildman–Crippen MR) is 48.7 cm³/mol. The molecule has 1 aliphatic rings. The van der Waals surface area contributed by atoms with Crippen molar-refractivity contribution in [2.75, 3.05) is 0 Å². The molecule has 0 amide bonds. The highest BCUT2D eigenvalue weighted by Crippen LogP contribution is 2.38. The third kappa shape index (κ3) is 1.70. The second-order valence-electron chi connectivity index (χ2n) is 3.01. The van der Waals surface area contributed by atoms with E-state index in [1.54, 1.807) is 6.20 Å². The van der Waals surface area contributed by atoms with E-state index in [1.807, 2.05) is 0 Å². The first-order valence-electron chi connectivity index (χ1n) is 3.94. The number of halogens is 1. The van der Waals surface area contributed by atoms with Crippen LogP contribution in [0, 0.1) is 0 Å². The zero-order valence-electron chi connectivity index (χ0n) is 6.70. The largest absolute Gasteiger partial charge is 0.476 e. The first kappa shape index (κ1) is 8.62. The van der Waals surface area contributed by atoms with Gasteiger partial charge in [-0.3, -0.25) is 0 Å². The second kappa shape index (κ2) is 3.06. The summed E-state index contributed by atoms with van der Waals surface area (Å²) in [5.74, 6) is -0.611. The van der Waals surface area contributed by atoms with E-state index < -0.39 is 5.97 Å². The summed E-state index contributed by atoms with van der Waals surface area (Å²) in [6.07, 6.45) is 3.82. The Kier molecular flexibility index (Phi) is 2.03. The van der Waals surface area contributed by atoms with Crippen LogP contribution < -0.4 is 0 Å². The van der Waals surface area contributed by atoms with E-state index in [2.05, 4.69) is 25.9 Å². The van der Waals surface area contributed by atoms with Crippen LogP contribution in [0.5, 0.6) is 0 Å². The number of carbonyl (C=O) groups is 1. The Labute approximate surface area is 83.1 Å². The van der Waals surface area contributed by atoms with Gasteiger partial charge in [-0.1, -0.05) is 0 Å². The summed E-state index contributed by atoms with van der Waals surface area (Å²) in [5.41, 5.74) is 0.796. The minimum atomic E-state index is -1.04. The van der Waals surface area contributed by atoms with Gasteiger partial charge in [0.2, 0.25) is 0 Å². The minimum absolute atomic E-state index is 0.00407. The van der Waals surface area contributed by atoms with Crippen LogP contribution in [0.25, 0.3) is 0 Å². The van der Waals surface area contributed by atoms with Crippen molar-refractivity contribution in [3.05, 3.63) is 22.2 Å². The van der Waals surface area contributed by atoms with Crippen LogP contribution in [0.2, 0.25) is 0 Å². The topological polar surface area (TPSA) is 63.1 Å². The van der Waals surface area contributed by atoms with E-state index in [-0.39, 0.29) is 5.69 Å². The Morgan fingerprint density at radius 3 is 2.85 bits per heavy atom. The lowest BCUT2D eigenvalue weighted by Crippen LogP contribution is -2.05. The van der Waals surface area contributed by atoms with E-state index in [0.29, 0.717) is 10.5 Å². The van der Waals surface area contributed by atoms with E-state index in [4.69, 9.17) is 5.11 Å². The zero-order chi connectivity index (χ0) is 9.42. The molecule has 0 atom stereocenters. The number of rotatable bonds is 2. The van der Waals surface area contributed by atoms with Crippen LogP contribution in [0.1, 0.15) is 34.9 Å². The van der Waals surface area contributed by atoms with Crippen molar-refractivity contribution >= 4 is 21.9 Å². The van der Waals surface area contributed by atoms with Crippen molar-refractivity contribution in [3.8, 4) is 0 Å². The van der Waals surface area contributed by atoms with Gasteiger partial charge in [-0.2, -0.15) is 0 Å². The number of carboxylic acid groups (broad SMARTS) is 1. The van der Waals surface area contributed by atoms with Crippen molar-refractivity contribution in [3.63, 3.8) is 0 Å². The molecule has 1 aliphatic carbocycles. The first-order valence-corrected chi connectivity index (χ1v) is 4.73. The van der Waals surface area contributed by atoms with Crippen LogP contribution in [-0.4, -0.2) is 21.0 Å². The summed E-state index contributed by atoms with van der Waals surface area (Å²) < 4.78 is 0.296. The van der Waals surface area contributed by atoms with Crippen molar-refractivity contribution in [2.45, 2.75) is 18.8 Å². The van der Waals surface area contributed by atoms with Gasteiger partial charge in [0.05, 0.1) is 11.9 Å². The SMILES string of the molecule is O=C(O)c1nc(C2CC2)cnc1Br. The lowest BCUT2D eigenvalue weighted by Gasteiger charge is -2.00. The first-order chi connectivity index (χ1) is 6.18. The molecule has 5 heteroatoms. The van der Waals surface area contributed by atoms with Gasteiger partial charge in [0.15, 0.2) is 5.69 Å². The van der Waals surface area contributed by atoms with Crippen LogP contribution in [0.3, 0.4) is 0 Å². The van der Waals surface area contributed by atoms with Gasteiger partial charge in [0.25, 0.3) is 0 Å². The molecule has 1 fully saturated rings. The van der Waals surface area contributed by atoms with Crippen molar-refractivity contribution in [1.82, 2.24) is 9.97 Å². The molecule has 4 nitrogen and oxygen atoms in total. The highest BCUT2D eigenvalue weighted by molar-refractivity contribution is 9.10. The Bertz CT molecular complexity index is 363. The van der Waals surface area contributed by atoms with E-state index in [0.717, 1.165) is 18.5 Å². The summed E-state index contributed by atoms with van der Waals surface area (Å²) in [7, 11) is 0. The molecular formula is C8H7BrN2O2. The average Bonchev–Trinajstić information content (AvgIpc) is 2.87. The molecule has 1 aromatic rings. The molecule has 0 radical (unpaired) electrons. The molecule has 0 aromatic carbocycles. The normalized spacial score (nSPS) is 15.8. The highest BCUT2D eigenvalue weighted by Gasteiger charge is 2.26. The summed E-state index contributed by atoms with van der Waals surface area (Å²) in [6.45, 7) is 0. The van der Waals surface area contributed by atoms with Crippen LogP contribution in [-0.2, 0) is 0 Å². The number of hydrogen-bond acceptors (Lipinski definition) is 3. The molecule has 0 unspecified atom stereocenters. The zero-order valence-corrected chi connectivity index (χ0v) is 8.28. The van der Waals surface area contributed by atoms with E-state index in [1.165, 1.54) is 0 Å². The van der Waals surface area contributed by atoms with E-state index in [9.17, 15) is 4.79 Å². The van der Waals surface area contributed by atoms with Crippen molar-refractivity contribution < 1.29 is 9.90 Å². The predicted octanol–water partition coefficient (Wildman–Crippen LogP) is 1.81.